The molecule has 5 heteroatoms. The highest BCUT2D eigenvalue weighted by atomic mass is 16.2. The van der Waals surface area contributed by atoms with Crippen LogP contribution in [0.5, 0.6) is 0 Å². The lowest BCUT2D eigenvalue weighted by molar-refractivity contribution is -0.133. The molecule has 0 spiro atoms. The summed E-state index contributed by atoms with van der Waals surface area (Å²) in [4.78, 5) is 27.4. The molecule has 0 atom stereocenters. The van der Waals surface area contributed by atoms with Crippen molar-refractivity contribution < 1.29 is 9.59 Å². The smallest absolute Gasteiger partial charge is 0.239 e. The van der Waals surface area contributed by atoms with Gasteiger partial charge in [0.15, 0.2) is 0 Å². The van der Waals surface area contributed by atoms with E-state index in [-0.39, 0.29) is 18.4 Å². The van der Waals surface area contributed by atoms with E-state index in [9.17, 15) is 9.59 Å². The largest absolute Gasteiger partial charge is 0.355 e. The summed E-state index contributed by atoms with van der Waals surface area (Å²) in [7, 11) is 0. The van der Waals surface area contributed by atoms with E-state index >= 15 is 0 Å². The number of rotatable bonds is 10. The summed E-state index contributed by atoms with van der Waals surface area (Å²) in [6, 6.07) is 0. The van der Waals surface area contributed by atoms with E-state index in [1.165, 1.54) is 0 Å². The first-order valence-electron chi connectivity index (χ1n) is 8.65. The van der Waals surface area contributed by atoms with Gasteiger partial charge in [-0.15, -0.1) is 0 Å². The Morgan fingerprint density at radius 3 is 2.36 bits per heavy atom. The number of nitrogens with zero attached hydrogens (tertiary/aromatic N) is 2. The third kappa shape index (κ3) is 7.78. The van der Waals surface area contributed by atoms with Gasteiger partial charge in [-0.3, -0.25) is 9.59 Å². The zero-order valence-corrected chi connectivity index (χ0v) is 14.7. The summed E-state index contributed by atoms with van der Waals surface area (Å²) in [5, 5.41) is 2.93. The second-order valence-corrected chi connectivity index (χ2v) is 7.17. The molecule has 5 nitrogen and oxygen atoms in total. The quantitative estimate of drug-likeness (QED) is 0.625. The Bertz CT molecular complexity index is 346. The Morgan fingerprint density at radius 2 is 1.86 bits per heavy atom. The van der Waals surface area contributed by atoms with Gasteiger partial charge in [0, 0.05) is 32.6 Å². The predicted octanol–water partition coefficient (Wildman–Crippen LogP) is 1.73. The van der Waals surface area contributed by atoms with Crippen molar-refractivity contribution in [3.05, 3.63) is 0 Å². The monoisotopic (exact) mass is 311 g/mol. The van der Waals surface area contributed by atoms with Crippen molar-refractivity contribution in [3.63, 3.8) is 0 Å². The Hall–Kier alpha value is -1.10. The molecule has 1 saturated heterocycles. The third-order valence-electron chi connectivity index (χ3n) is 3.73. The van der Waals surface area contributed by atoms with Gasteiger partial charge in [0.25, 0.3) is 0 Å². The second-order valence-electron chi connectivity index (χ2n) is 7.17. The molecular formula is C17H33N3O2. The highest BCUT2D eigenvalue weighted by molar-refractivity contribution is 5.85. The summed E-state index contributed by atoms with van der Waals surface area (Å²) in [5.41, 5.74) is 0. The lowest BCUT2D eigenvalue weighted by Gasteiger charge is -2.26. The highest BCUT2D eigenvalue weighted by Gasteiger charge is 2.22. The standard InChI is InChI=1S/C17H33N3O2/c1-14(2)11-19(12-15(3)4)9-6-8-18-16(21)13-20-10-5-7-17(20)22/h14-15H,5-13H2,1-4H3,(H,18,21). The molecule has 0 radical (unpaired) electrons. The molecule has 1 heterocycles. The molecule has 0 aromatic rings. The van der Waals surface area contributed by atoms with Gasteiger partial charge in [0.05, 0.1) is 6.54 Å². The van der Waals surface area contributed by atoms with Crippen molar-refractivity contribution in [2.45, 2.75) is 47.0 Å². The maximum absolute atomic E-state index is 11.8. The minimum atomic E-state index is -0.0329. The van der Waals surface area contributed by atoms with Crippen LogP contribution in [0.3, 0.4) is 0 Å². The Labute approximate surface area is 135 Å². The number of likely N-dealkylation sites (tertiary alicyclic amines) is 1. The molecule has 0 aliphatic carbocycles. The summed E-state index contributed by atoms with van der Waals surface area (Å²) in [5.74, 6) is 1.40. The van der Waals surface area contributed by atoms with Gasteiger partial charge in [0.2, 0.25) is 11.8 Å². The molecule has 1 fully saturated rings. The molecule has 0 saturated carbocycles. The van der Waals surface area contributed by atoms with E-state index in [1.807, 2.05) is 0 Å². The molecule has 128 valence electrons. The molecule has 0 aromatic heterocycles. The van der Waals surface area contributed by atoms with E-state index in [4.69, 9.17) is 0 Å². The predicted molar refractivity (Wildman–Crippen MR) is 89.6 cm³/mol. The van der Waals surface area contributed by atoms with E-state index < -0.39 is 0 Å². The van der Waals surface area contributed by atoms with Crippen molar-refractivity contribution in [1.82, 2.24) is 15.1 Å². The first-order valence-corrected chi connectivity index (χ1v) is 8.65. The average molecular weight is 311 g/mol. The fourth-order valence-corrected chi connectivity index (χ4v) is 2.92. The van der Waals surface area contributed by atoms with Gasteiger partial charge >= 0.3 is 0 Å². The summed E-state index contributed by atoms with van der Waals surface area (Å²) >= 11 is 0. The minimum absolute atomic E-state index is 0.0329. The number of hydrogen-bond acceptors (Lipinski definition) is 3. The van der Waals surface area contributed by atoms with Crippen LogP contribution in [0.15, 0.2) is 0 Å². The van der Waals surface area contributed by atoms with Crippen LogP contribution in [0.4, 0.5) is 0 Å². The third-order valence-corrected chi connectivity index (χ3v) is 3.73. The normalized spacial score (nSPS) is 15.4. The van der Waals surface area contributed by atoms with E-state index in [0.29, 0.717) is 24.8 Å². The van der Waals surface area contributed by atoms with Gasteiger partial charge in [-0.2, -0.15) is 0 Å². The van der Waals surface area contributed by atoms with Crippen LogP contribution < -0.4 is 5.32 Å². The van der Waals surface area contributed by atoms with Crippen LogP contribution in [0.1, 0.15) is 47.0 Å². The fraction of sp³-hybridized carbons (Fsp3) is 0.882. The molecule has 0 aromatic carbocycles. The second kappa shape index (κ2) is 9.82. The molecule has 0 bridgehead atoms. The molecular weight excluding hydrogens is 278 g/mol. The van der Waals surface area contributed by atoms with Gasteiger partial charge in [0.1, 0.15) is 0 Å². The molecule has 1 N–H and O–H groups in total. The zero-order chi connectivity index (χ0) is 16.5. The number of hydrogen-bond donors (Lipinski definition) is 1. The van der Waals surface area contributed by atoms with Crippen LogP contribution in [0.25, 0.3) is 0 Å². The molecule has 1 aliphatic heterocycles. The molecule has 1 aliphatic rings. The van der Waals surface area contributed by atoms with Crippen LogP contribution in [-0.4, -0.2) is 60.9 Å². The Morgan fingerprint density at radius 1 is 1.23 bits per heavy atom. The highest BCUT2D eigenvalue weighted by Crippen LogP contribution is 2.08. The summed E-state index contributed by atoms with van der Waals surface area (Å²) in [6.07, 6.45) is 2.43. The Kier molecular flexibility index (Phi) is 8.46. The number of amides is 2. The first-order chi connectivity index (χ1) is 10.4. The summed E-state index contributed by atoms with van der Waals surface area (Å²) in [6.45, 7) is 13.8. The maximum Gasteiger partial charge on any atom is 0.239 e. The molecule has 0 unspecified atom stereocenters. The topological polar surface area (TPSA) is 52.7 Å². The van der Waals surface area contributed by atoms with Crippen LogP contribution in [0.2, 0.25) is 0 Å². The number of carbonyl (C=O) groups excluding carboxylic acids is 2. The molecule has 22 heavy (non-hydrogen) atoms. The SMILES string of the molecule is CC(C)CN(CCCNC(=O)CN1CCCC1=O)CC(C)C. The summed E-state index contributed by atoms with van der Waals surface area (Å²) < 4.78 is 0. The van der Waals surface area contributed by atoms with Crippen molar-refractivity contribution in [1.29, 1.82) is 0 Å². The van der Waals surface area contributed by atoms with Gasteiger partial charge in [-0.1, -0.05) is 27.7 Å². The van der Waals surface area contributed by atoms with Crippen LogP contribution in [-0.2, 0) is 9.59 Å². The molecule has 2 amide bonds. The van der Waals surface area contributed by atoms with Gasteiger partial charge in [-0.05, 0) is 31.2 Å². The van der Waals surface area contributed by atoms with Crippen molar-refractivity contribution >= 4 is 11.8 Å². The average Bonchev–Trinajstić information content (AvgIpc) is 2.78. The van der Waals surface area contributed by atoms with Crippen molar-refractivity contribution in [2.75, 3.05) is 39.3 Å². The van der Waals surface area contributed by atoms with Crippen molar-refractivity contribution in [2.24, 2.45) is 11.8 Å². The first kappa shape index (κ1) is 18.9. The lowest BCUT2D eigenvalue weighted by atomic mass is 10.1. The fourth-order valence-electron chi connectivity index (χ4n) is 2.92. The van der Waals surface area contributed by atoms with Gasteiger partial charge < -0.3 is 15.1 Å². The lowest BCUT2D eigenvalue weighted by Crippen LogP contribution is -2.39. The number of carbonyl (C=O) groups is 2. The van der Waals surface area contributed by atoms with Crippen molar-refractivity contribution in [3.8, 4) is 0 Å². The van der Waals surface area contributed by atoms with E-state index in [2.05, 4.69) is 37.9 Å². The molecule has 1 rings (SSSR count). The zero-order valence-electron chi connectivity index (χ0n) is 14.7. The van der Waals surface area contributed by atoms with Crippen LogP contribution >= 0.6 is 0 Å². The van der Waals surface area contributed by atoms with Gasteiger partial charge in [-0.25, -0.2) is 0 Å². The maximum atomic E-state index is 11.8. The van der Waals surface area contributed by atoms with Crippen LogP contribution in [0, 0.1) is 11.8 Å². The number of nitrogens with one attached hydrogen (secondary N) is 1. The van der Waals surface area contributed by atoms with E-state index in [1.54, 1.807) is 4.90 Å². The van der Waals surface area contributed by atoms with E-state index in [0.717, 1.165) is 39.0 Å². The minimum Gasteiger partial charge on any atom is -0.355 e. The Balaban J connectivity index is 2.18.